The highest BCUT2D eigenvalue weighted by molar-refractivity contribution is 5.77. The number of rotatable bonds is 9. The molecule has 0 aliphatic carbocycles. The minimum absolute atomic E-state index is 0.00965. The number of ether oxygens (including phenoxy) is 1. The Morgan fingerprint density at radius 3 is 2.07 bits per heavy atom. The first-order valence-corrected chi connectivity index (χ1v) is 10.6. The molecule has 0 aliphatic heterocycles. The van der Waals surface area contributed by atoms with Gasteiger partial charge < -0.3 is 10.1 Å². The summed E-state index contributed by atoms with van der Waals surface area (Å²) in [7, 11) is 0. The third kappa shape index (κ3) is 6.48. The van der Waals surface area contributed by atoms with E-state index in [0.29, 0.717) is 13.0 Å². The van der Waals surface area contributed by atoms with Gasteiger partial charge in [-0.15, -0.1) is 0 Å². The third-order valence-electron chi connectivity index (χ3n) is 5.10. The van der Waals surface area contributed by atoms with Gasteiger partial charge in [-0.05, 0) is 56.0 Å². The highest BCUT2D eigenvalue weighted by Gasteiger charge is 2.18. The van der Waals surface area contributed by atoms with Crippen LogP contribution in [-0.2, 0) is 11.2 Å². The summed E-state index contributed by atoms with van der Waals surface area (Å²) in [4.78, 5) is 12.7. The van der Waals surface area contributed by atoms with Crippen molar-refractivity contribution in [2.45, 2.75) is 45.6 Å². The SMILES string of the molecule is Cc1ccc([C@H](CC(=O)NCCc2ccccc2)c2ccc(OC(C)C)cc2)cc1. The second kappa shape index (κ2) is 10.6. The van der Waals surface area contributed by atoms with Crippen LogP contribution in [0.2, 0.25) is 0 Å². The van der Waals surface area contributed by atoms with Gasteiger partial charge in [0.2, 0.25) is 5.91 Å². The predicted molar refractivity (Wildman–Crippen MR) is 123 cm³/mol. The van der Waals surface area contributed by atoms with Crippen LogP contribution in [0.3, 0.4) is 0 Å². The van der Waals surface area contributed by atoms with Crippen LogP contribution < -0.4 is 10.1 Å². The lowest BCUT2D eigenvalue weighted by molar-refractivity contribution is -0.121. The van der Waals surface area contributed by atoms with Gasteiger partial charge in [-0.25, -0.2) is 0 Å². The van der Waals surface area contributed by atoms with E-state index in [0.717, 1.165) is 23.3 Å². The molecule has 1 N–H and O–H groups in total. The topological polar surface area (TPSA) is 38.3 Å². The first kappa shape index (κ1) is 21.6. The first-order chi connectivity index (χ1) is 14.5. The molecule has 0 heterocycles. The lowest BCUT2D eigenvalue weighted by Gasteiger charge is -2.19. The molecule has 0 aromatic heterocycles. The standard InChI is InChI=1S/C27H31NO2/c1-20(2)30-25-15-13-24(14-16-25)26(23-11-9-21(3)10-12-23)19-27(29)28-18-17-22-7-5-4-6-8-22/h4-16,20,26H,17-19H2,1-3H3,(H,28,29)/t26-/m0/s1. The van der Waals surface area contributed by atoms with E-state index in [1.807, 2.05) is 44.2 Å². The summed E-state index contributed by atoms with van der Waals surface area (Å²) >= 11 is 0. The molecule has 0 bridgehead atoms. The van der Waals surface area contributed by atoms with E-state index in [4.69, 9.17) is 4.74 Å². The van der Waals surface area contributed by atoms with E-state index < -0.39 is 0 Å². The molecule has 3 nitrogen and oxygen atoms in total. The van der Waals surface area contributed by atoms with Crippen LogP contribution in [0.1, 0.15) is 48.4 Å². The van der Waals surface area contributed by atoms with Crippen molar-refractivity contribution in [2.75, 3.05) is 6.54 Å². The molecule has 156 valence electrons. The van der Waals surface area contributed by atoms with E-state index in [1.54, 1.807) is 0 Å². The zero-order chi connectivity index (χ0) is 21.3. The number of aryl methyl sites for hydroxylation is 1. The minimum atomic E-state index is 0.00965. The van der Waals surface area contributed by atoms with Gasteiger partial charge in [0.1, 0.15) is 5.75 Å². The van der Waals surface area contributed by atoms with Gasteiger partial charge in [0.15, 0.2) is 0 Å². The Hall–Kier alpha value is -3.07. The Labute approximate surface area is 180 Å². The maximum Gasteiger partial charge on any atom is 0.220 e. The van der Waals surface area contributed by atoms with Crippen LogP contribution in [0.15, 0.2) is 78.9 Å². The summed E-state index contributed by atoms with van der Waals surface area (Å²) in [5.41, 5.74) is 4.71. The number of carbonyl (C=O) groups excluding carboxylic acids is 1. The summed E-state index contributed by atoms with van der Waals surface area (Å²) in [6.07, 6.45) is 1.39. The van der Waals surface area contributed by atoms with Crippen molar-refractivity contribution >= 4 is 5.91 Å². The third-order valence-corrected chi connectivity index (χ3v) is 5.10. The van der Waals surface area contributed by atoms with E-state index in [-0.39, 0.29) is 17.9 Å². The van der Waals surface area contributed by atoms with Crippen molar-refractivity contribution in [3.8, 4) is 5.75 Å². The van der Waals surface area contributed by atoms with Gasteiger partial charge in [0.25, 0.3) is 0 Å². The average Bonchev–Trinajstić information content (AvgIpc) is 2.74. The molecule has 1 atom stereocenters. The van der Waals surface area contributed by atoms with Crippen LogP contribution in [0, 0.1) is 6.92 Å². The van der Waals surface area contributed by atoms with Crippen LogP contribution in [0.25, 0.3) is 0 Å². The van der Waals surface area contributed by atoms with E-state index >= 15 is 0 Å². The van der Waals surface area contributed by atoms with Crippen molar-refractivity contribution in [1.29, 1.82) is 0 Å². The summed E-state index contributed by atoms with van der Waals surface area (Å²) in [5, 5.41) is 3.09. The molecule has 3 aromatic rings. The number of nitrogens with one attached hydrogen (secondary N) is 1. The monoisotopic (exact) mass is 401 g/mol. The number of hydrogen-bond acceptors (Lipinski definition) is 2. The largest absolute Gasteiger partial charge is 0.491 e. The zero-order valence-electron chi connectivity index (χ0n) is 18.1. The summed E-state index contributed by atoms with van der Waals surface area (Å²) in [5.74, 6) is 0.929. The molecule has 3 aromatic carbocycles. The Bertz CT molecular complexity index is 915. The highest BCUT2D eigenvalue weighted by Crippen LogP contribution is 2.30. The number of hydrogen-bond donors (Lipinski definition) is 1. The van der Waals surface area contributed by atoms with Gasteiger partial charge in [-0.3, -0.25) is 4.79 Å². The number of carbonyl (C=O) groups is 1. The zero-order valence-corrected chi connectivity index (χ0v) is 18.1. The number of benzene rings is 3. The average molecular weight is 402 g/mol. The van der Waals surface area contributed by atoms with Crippen molar-refractivity contribution in [3.05, 3.63) is 101 Å². The molecule has 0 saturated carbocycles. The first-order valence-electron chi connectivity index (χ1n) is 10.6. The molecule has 0 fully saturated rings. The van der Waals surface area contributed by atoms with Crippen molar-refractivity contribution in [3.63, 3.8) is 0 Å². The molecule has 0 radical (unpaired) electrons. The van der Waals surface area contributed by atoms with Gasteiger partial charge in [0.05, 0.1) is 6.10 Å². The Morgan fingerprint density at radius 2 is 1.47 bits per heavy atom. The quantitative estimate of drug-likeness (QED) is 0.502. The Balaban J connectivity index is 1.69. The van der Waals surface area contributed by atoms with E-state index in [2.05, 4.69) is 60.8 Å². The molecule has 0 aliphatic rings. The van der Waals surface area contributed by atoms with Gasteiger partial charge >= 0.3 is 0 Å². The fourth-order valence-electron chi connectivity index (χ4n) is 3.53. The lowest BCUT2D eigenvalue weighted by Crippen LogP contribution is -2.27. The maximum absolute atomic E-state index is 12.7. The van der Waals surface area contributed by atoms with E-state index in [1.165, 1.54) is 11.1 Å². The van der Waals surface area contributed by atoms with Crippen LogP contribution >= 0.6 is 0 Å². The molecule has 3 heteroatoms. The van der Waals surface area contributed by atoms with Crippen LogP contribution in [-0.4, -0.2) is 18.6 Å². The second-order valence-corrected chi connectivity index (χ2v) is 7.99. The predicted octanol–water partition coefficient (Wildman–Crippen LogP) is 5.66. The molecule has 0 spiro atoms. The summed E-state index contributed by atoms with van der Waals surface area (Å²) in [6.45, 7) is 6.75. The fraction of sp³-hybridized carbons (Fsp3) is 0.296. The molecule has 0 unspecified atom stereocenters. The highest BCUT2D eigenvalue weighted by atomic mass is 16.5. The lowest BCUT2D eigenvalue weighted by atomic mass is 9.88. The smallest absolute Gasteiger partial charge is 0.220 e. The van der Waals surface area contributed by atoms with Gasteiger partial charge in [0, 0.05) is 18.9 Å². The minimum Gasteiger partial charge on any atom is -0.491 e. The molecule has 3 rings (SSSR count). The number of amides is 1. The van der Waals surface area contributed by atoms with Crippen LogP contribution in [0.4, 0.5) is 0 Å². The van der Waals surface area contributed by atoms with Gasteiger partial charge in [-0.2, -0.15) is 0 Å². The van der Waals surface area contributed by atoms with Crippen LogP contribution in [0.5, 0.6) is 5.75 Å². The molecule has 0 saturated heterocycles. The van der Waals surface area contributed by atoms with E-state index in [9.17, 15) is 4.79 Å². The summed E-state index contributed by atoms with van der Waals surface area (Å²) in [6, 6.07) is 26.8. The molecular formula is C27H31NO2. The fourth-order valence-corrected chi connectivity index (χ4v) is 3.53. The normalized spacial score (nSPS) is 11.9. The van der Waals surface area contributed by atoms with Crippen molar-refractivity contribution < 1.29 is 9.53 Å². The molecule has 1 amide bonds. The second-order valence-electron chi connectivity index (χ2n) is 7.99. The van der Waals surface area contributed by atoms with Crippen molar-refractivity contribution in [1.82, 2.24) is 5.32 Å². The van der Waals surface area contributed by atoms with Crippen molar-refractivity contribution in [2.24, 2.45) is 0 Å². The summed E-state index contributed by atoms with van der Waals surface area (Å²) < 4.78 is 5.77. The maximum atomic E-state index is 12.7. The Kier molecular flexibility index (Phi) is 7.67. The van der Waals surface area contributed by atoms with Gasteiger partial charge in [-0.1, -0.05) is 72.3 Å². The molecular weight excluding hydrogens is 370 g/mol. The Morgan fingerprint density at radius 1 is 0.867 bits per heavy atom. The molecule has 30 heavy (non-hydrogen) atoms.